The van der Waals surface area contributed by atoms with Gasteiger partial charge in [-0.2, -0.15) is 0 Å². The Kier molecular flexibility index (Phi) is 3.41. The predicted octanol–water partition coefficient (Wildman–Crippen LogP) is 1.06. The van der Waals surface area contributed by atoms with Crippen LogP contribution in [0.25, 0.3) is 10.8 Å². The van der Waals surface area contributed by atoms with Crippen molar-refractivity contribution < 1.29 is 4.79 Å². The molecule has 0 aliphatic heterocycles. The lowest BCUT2D eigenvalue weighted by molar-refractivity contribution is -0.119. The van der Waals surface area contributed by atoms with Crippen molar-refractivity contribution in [1.82, 2.24) is 9.78 Å². The highest BCUT2D eigenvalue weighted by atomic mass is 16.2. The molecule has 0 unspecified atom stereocenters. The summed E-state index contributed by atoms with van der Waals surface area (Å²) < 4.78 is 1.09. The highest BCUT2D eigenvalue weighted by Crippen LogP contribution is 2.02. The molecule has 5 nitrogen and oxygen atoms in total. The molecule has 0 saturated carbocycles. The second-order valence-electron chi connectivity index (χ2n) is 4.17. The minimum atomic E-state index is -0.352. The van der Waals surface area contributed by atoms with Crippen LogP contribution in [0.5, 0.6) is 0 Å². The zero-order chi connectivity index (χ0) is 13.1. The molecule has 0 fully saturated rings. The molecule has 0 spiro atoms. The number of aromatic nitrogens is 2. The van der Waals surface area contributed by atoms with Gasteiger partial charge in [-0.1, -0.05) is 19.1 Å². The second kappa shape index (κ2) is 5.00. The zero-order valence-corrected chi connectivity index (χ0v) is 10.1. The van der Waals surface area contributed by atoms with Gasteiger partial charge in [-0.05, 0) is 18.6 Å². The first-order valence-corrected chi connectivity index (χ1v) is 5.87. The molecule has 18 heavy (non-hydrogen) atoms. The topological polar surface area (TPSA) is 71.9 Å². The van der Waals surface area contributed by atoms with Crippen LogP contribution in [0, 0.1) is 0 Å². The molecule has 0 aliphatic rings. The Labute approximate surface area is 103 Å². The molecule has 0 bridgehead atoms. The van der Waals surface area contributed by atoms with Crippen LogP contribution in [0.4, 0.5) is 0 Å². The van der Waals surface area contributed by atoms with Crippen molar-refractivity contribution in [1.29, 1.82) is 0 Å². The van der Waals surface area contributed by atoms with Gasteiger partial charge in [0.1, 0.15) is 6.54 Å². The van der Waals surface area contributed by atoms with Gasteiger partial charge in [0.05, 0.1) is 10.8 Å². The maximum absolute atomic E-state index is 12.1. The van der Waals surface area contributed by atoms with E-state index >= 15 is 0 Å². The van der Waals surface area contributed by atoms with Gasteiger partial charge >= 0.3 is 0 Å². The Bertz CT molecular complexity index is 697. The highest BCUT2D eigenvalue weighted by Gasteiger charge is 2.09. The van der Waals surface area contributed by atoms with Gasteiger partial charge < -0.3 is 0 Å². The maximum Gasteiger partial charge on any atom is 0.273 e. The molecular formula is C13H14N2O3. The number of nitrogens with one attached hydrogen (secondary N) is 1. The third kappa shape index (κ3) is 2.25. The molecule has 2 rings (SSSR count). The monoisotopic (exact) mass is 246 g/mol. The van der Waals surface area contributed by atoms with Crippen molar-refractivity contribution >= 4 is 16.6 Å². The molecule has 0 atom stereocenters. The number of rotatable bonds is 4. The van der Waals surface area contributed by atoms with Gasteiger partial charge in [0.2, 0.25) is 0 Å². The third-order valence-corrected chi connectivity index (χ3v) is 2.75. The number of nitrogens with zero attached hydrogens (tertiary/aromatic N) is 1. The summed E-state index contributed by atoms with van der Waals surface area (Å²) in [6.45, 7) is 1.82. The van der Waals surface area contributed by atoms with Gasteiger partial charge in [-0.25, -0.2) is 4.68 Å². The van der Waals surface area contributed by atoms with Gasteiger partial charge in [-0.15, -0.1) is 0 Å². The lowest BCUT2D eigenvalue weighted by atomic mass is 10.2. The number of fused-ring (bicyclic) bond motifs is 1. The maximum atomic E-state index is 12.1. The third-order valence-electron chi connectivity index (χ3n) is 2.75. The van der Waals surface area contributed by atoms with E-state index < -0.39 is 0 Å². The molecule has 1 aromatic heterocycles. The average Bonchev–Trinajstić information content (AvgIpc) is 2.36. The Morgan fingerprint density at radius 1 is 1.22 bits per heavy atom. The lowest BCUT2D eigenvalue weighted by Gasteiger charge is -2.05. The molecule has 1 N–H and O–H groups in total. The van der Waals surface area contributed by atoms with Crippen molar-refractivity contribution in [3.8, 4) is 0 Å². The van der Waals surface area contributed by atoms with E-state index in [0.717, 1.165) is 11.1 Å². The number of Topliss-reactive ketones (excluding diaryl/α,β-unsaturated/α-hetero) is 1. The Morgan fingerprint density at radius 2 is 1.89 bits per heavy atom. The molecule has 0 amide bonds. The molecule has 0 radical (unpaired) electrons. The molecule has 0 aliphatic carbocycles. The standard InChI is InChI=1S/C13H14N2O3/c1-2-5-9(16)8-15-13(18)11-7-4-3-6-10(11)12(17)14-15/h3-4,6-7H,2,5,8H2,1H3,(H,14,17). The van der Waals surface area contributed by atoms with E-state index in [1.165, 1.54) is 0 Å². The smallest absolute Gasteiger partial charge is 0.273 e. The van der Waals surface area contributed by atoms with Gasteiger partial charge in [0.25, 0.3) is 11.1 Å². The number of carbonyl (C=O) groups excluding carboxylic acids is 1. The Balaban J connectivity index is 2.54. The normalized spacial score (nSPS) is 10.7. The largest absolute Gasteiger partial charge is 0.298 e. The van der Waals surface area contributed by atoms with Crippen molar-refractivity contribution in [3.63, 3.8) is 0 Å². The van der Waals surface area contributed by atoms with Crippen LogP contribution in [0.1, 0.15) is 19.8 Å². The molecule has 0 saturated heterocycles. The summed E-state index contributed by atoms with van der Waals surface area (Å²) in [5.41, 5.74) is -0.691. The van der Waals surface area contributed by atoms with Crippen molar-refractivity contribution in [3.05, 3.63) is 45.0 Å². The summed E-state index contributed by atoms with van der Waals surface area (Å²) in [7, 11) is 0. The summed E-state index contributed by atoms with van der Waals surface area (Å²) in [6.07, 6.45) is 1.13. The molecule has 1 heterocycles. The highest BCUT2D eigenvalue weighted by molar-refractivity contribution is 5.81. The fraction of sp³-hybridized carbons (Fsp3) is 0.308. The van der Waals surface area contributed by atoms with Crippen LogP contribution < -0.4 is 11.1 Å². The van der Waals surface area contributed by atoms with Crippen LogP contribution in [0.15, 0.2) is 33.9 Å². The number of hydrogen-bond acceptors (Lipinski definition) is 3. The van der Waals surface area contributed by atoms with E-state index in [2.05, 4.69) is 5.10 Å². The van der Waals surface area contributed by atoms with Crippen molar-refractivity contribution in [2.24, 2.45) is 0 Å². The summed E-state index contributed by atoms with van der Waals surface area (Å²) in [6, 6.07) is 6.58. The number of aromatic amines is 1. The summed E-state index contributed by atoms with van der Waals surface area (Å²) in [5, 5.41) is 3.12. The van der Waals surface area contributed by atoms with E-state index in [-0.39, 0.29) is 23.4 Å². The minimum absolute atomic E-state index is 0.0643. The first kappa shape index (κ1) is 12.3. The number of ketones is 1. The van der Waals surface area contributed by atoms with E-state index in [1.807, 2.05) is 6.92 Å². The van der Waals surface area contributed by atoms with E-state index in [1.54, 1.807) is 24.3 Å². The fourth-order valence-electron chi connectivity index (χ4n) is 1.89. The fourth-order valence-corrected chi connectivity index (χ4v) is 1.89. The molecular weight excluding hydrogens is 232 g/mol. The first-order chi connectivity index (χ1) is 8.63. The molecule has 2 aromatic rings. The Hall–Kier alpha value is -2.17. The lowest BCUT2D eigenvalue weighted by Crippen LogP contribution is -2.32. The number of hydrogen-bond donors (Lipinski definition) is 1. The van der Waals surface area contributed by atoms with Crippen molar-refractivity contribution in [2.45, 2.75) is 26.3 Å². The zero-order valence-electron chi connectivity index (χ0n) is 10.1. The average molecular weight is 246 g/mol. The second-order valence-corrected chi connectivity index (χ2v) is 4.17. The summed E-state index contributed by atoms with van der Waals surface area (Å²) in [5.74, 6) is -0.0643. The Morgan fingerprint density at radius 3 is 2.56 bits per heavy atom. The van der Waals surface area contributed by atoms with Gasteiger partial charge in [-0.3, -0.25) is 19.5 Å². The van der Waals surface area contributed by atoms with Crippen LogP contribution in [-0.2, 0) is 11.3 Å². The first-order valence-electron chi connectivity index (χ1n) is 5.87. The minimum Gasteiger partial charge on any atom is -0.298 e. The molecule has 5 heteroatoms. The van der Waals surface area contributed by atoms with Gasteiger partial charge in [0, 0.05) is 6.42 Å². The summed E-state index contributed by atoms with van der Waals surface area (Å²) >= 11 is 0. The SMILES string of the molecule is CCCC(=O)Cn1[nH]c(=O)c2ccccc2c1=O. The number of benzene rings is 1. The van der Waals surface area contributed by atoms with Crippen LogP contribution >= 0.6 is 0 Å². The quantitative estimate of drug-likeness (QED) is 0.876. The van der Waals surface area contributed by atoms with Crippen LogP contribution in [0.2, 0.25) is 0 Å². The summed E-state index contributed by atoms with van der Waals surface area (Å²) in [4.78, 5) is 35.4. The number of carbonyl (C=O) groups is 1. The van der Waals surface area contributed by atoms with Gasteiger partial charge in [0.15, 0.2) is 5.78 Å². The molecule has 94 valence electrons. The van der Waals surface area contributed by atoms with E-state index in [0.29, 0.717) is 17.2 Å². The van der Waals surface area contributed by atoms with Crippen LogP contribution in [0.3, 0.4) is 0 Å². The van der Waals surface area contributed by atoms with Crippen molar-refractivity contribution in [2.75, 3.05) is 0 Å². The van der Waals surface area contributed by atoms with E-state index in [9.17, 15) is 14.4 Å². The van der Waals surface area contributed by atoms with E-state index in [4.69, 9.17) is 0 Å². The number of H-pyrrole nitrogens is 1. The molecule has 1 aromatic carbocycles. The van der Waals surface area contributed by atoms with Crippen LogP contribution in [-0.4, -0.2) is 15.6 Å². The predicted molar refractivity (Wildman–Crippen MR) is 68.7 cm³/mol.